The fraction of sp³-hybridized carbons (Fsp3) is 0.417. The van der Waals surface area contributed by atoms with Gasteiger partial charge < -0.3 is 15.6 Å². The Morgan fingerprint density at radius 2 is 2.29 bits per heavy atom. The molecule has 0 aromatic heterocycles. The number of hydrogen-bond acceptors (Lipinski definition) is 3. The Labute approximate surface area is 98.2 Å². The van der Waals surface area contributed by atoms with Crippen molar-refractivity contribution in [1.82, 2.24) is 0 Å². The maximum absolute atomic E-state index is 13.1. The molecule has 0 radical (unpaired) electrons. The maximum atomic E-state index is 13.1. The van der Waals surface area contributed by atoms with Gasteiger partial charge in [0.25, 0.3) is 0 Å². The van der Waals surface area contributed by atoms with Gasteiger partial charge in [-0.15, -0.1) is 0 Å². The highest BCUT2D eigenvalue weighted by Crippen LogP contribution is 2.32. The predicted molar refractivity (Wildman–Crippen MR) is 59.2 cm³/mol. The van der Waals surface area contributed by atoms with Crippen LogP contribution in [0, 0.1) is 5.82 Å². The Hall–Kier alpha value is -1.62. The predicted octanol–water partition coefficient (Wildman–Crippen LogP) is 1.84. The number of benzene rings is 1. The average molecular weight is 239 g/mol. The number of carboxylic acid groups (broad SMARTS) is 1. The van der Waals surface area contributed by atoms with Gasteiger partial charge in [0.2, 0.25) is 0 Å². The van der Waals surface area contributed by atoms with Crippen molar-refractivity contribution in [2.24, 2.45) is 5.73 Å². The Bertz CT molecular complexity index is 432. The fourth-order valence-corrected chi connectivity index (χ4v) is 1.58. The lowest BCUT2D eigenvalue weighted by Crippen LogP contribution is -2.16. The van der Waals surface area contributed by atoms with Gasteiger partial charge >= 0.3 is 5.97 Å². The minimum absolute atomic E-state index is 0.163. The quantitative estimate of drug-likeness (QED) is 0.822. The monoisotopic (exact) mass is 239 g/mol. The van der Waals surface area contributed by atoms with Gasteiger partial charge in [-0.25, -0.2) is 4.39 Å². The first-order valence-electron chi connectivity index (χ1n) is 5.49. The number of ether oxygens (including phenoxy) is 1. The van der Waals surface area contributed by atoms with E-state index in [9.17, 15) is 9.18 Å². The molecule has 1 aromatic carbocycles. The van der Waals surface area contributed by atoms with Gasteiger partial charge in [0.05, 0.1) is 12.5 Å². The van der Waals surface area contributed by atoms with Crippen LogP contribution in [-0.2, 0) is 4.79 Å². The van der Waals surface area contributed by atoms with Gasteiger partial charge in [0.1, 0.15) is 11.6 Å². The van der Waals surface area contributed by atoms with Crippen molar-refractivity contribution in [2.75, 3.05) is 0 Å². The largest absolute Gasteiger partial charge is 0.490 e. The normalized spacial score (nSPS) is 16.6. The summed E-state index contributed by atoms with van der Waals surface area (Å²) < 4.78 is 18.7. The van der Waals surface area contributed by atoms with Gasteiger partial charge in [0.15, 0.2) is 0 Å². The SMILES string of the molecule is NC(CC(=O)O)c1cc(F)ccc1OC1CC1. The Balaban J connectivity index is 2.21. The molecule has 0 saturated heterocycles. The first-order valence-corrected chi connectivity index (χ1v) is 5.49. The molecule has 1 unspecified atom stereocenters. The Morgan fingerprint density at radius 1 is 1.59 bits per heavy atom. The number of carboxylic acids is 1. The molecular formula is C12H14FNO3. The van der Waals surface area contributed by atoms with E-state index in [4.69, 9.17) is 15.6 Å². The maximum Gasteiger partial charge on any atom is 0.305 e. The van der Waals surface area contributed by atoms with Crippen LogP contribution in [0.5, 0.6) is 5.75 Å². The second-order valence-electron chi connectivity index (χ2n) is 4.20. The third-order valence-electron chi connectivity index (χ3n) is 2.58. The highest BCUT2D eigenvalue weighted by atomic mass is 19.1. The summed E-state index contributed by atoms with van der Waals surface area (Å²) in [7, 11) is 0. The van der Waals surface area contributed by atoms with Crippen molar-refractivity contribution >= 4 is 5.97 Å². The molecule has 4 nitrogen and oxygen atoms in total. The number of carbonyl (C=O) groups is 1. The van der Waals surface area contributed by atoms with Crippen LogP contribution in [0.1, 0.15) is 30.9 Å². The first-order chi connectivity index (χ1) is 8.06. The molecule has 0 spiro atoms. The second-order valence-corrected chi connectivity index (χ2v) is 4.20. The van der Waals surface area contributed by atoms with Gasteiger partial charge in [-0.05, 0) is 31.0 Å². The van der Waals surface area contributed by atoms with E-state index in [1.807, 2.05) is 0 Å². The van der Waals surface area contributed by atoms with Crippen molar-refractivity contribution in [3.63, 3.8) is 0 Å². The molecule has 5 heteroatoms. The third kappa shape index (κ3) is 3.17. The molecule has 17 heavy (non-hydrogen) atoms. The second kappa shape index (κ2) is 4.71. The van der Waals surface area contributed by atoms with Gasteiger partial charge in [-0.1, -0.05) is 0 Å². The van der Waals surface area contributed by atoms with Crippen molar-refractivity contribution in [3.05, 3.63) is 29.6 Å². The van der Waals surface area contributed by atoms with Gasteiger partial charge in [-0.3, -0.25) is 4.79 Å². The Kier molecular flexibility index (Phi) is 3.28. The summed E-state index contributed by atoms with van der Waals surface area (Å²) in [5.74, 6) is -0.967. The summed E-state index contributed by atoms with van der Waals surface area (Å²) in [6, 6.07) is 3.28. The Morgan fingerprint density at radius 3 is 2.88 bits per heavy atom. The lowest BCUT2D eigenvalue weighted by molar-refractivity contribution is -0.137. The minimum Gasteiger partial charge on any atom is -0.490 e. The third-order valence-corrected chi connectivity index (χ3v) is 2.58. The van der Waals surface area contributed by atoms with Crippen LogP contribution in [0.2, 0.25) is 0 Å². The summed E-state index contributed by atoms with van der Waals surface area (Å²) in [6.45, 7) is 0. The van der Waals surface area contributed by atoms with Crippen molar-refractivity contribution in [2.45, 2.75) is 31.4 Å². The summed E-state index contributed by atoms with van der Waals surface area (Å²) in [5, 5.41) is 8.69. The lowest BCUT2D eigenvalue weighted by Gasteiger charge is -2.15. The first kappa shape index (κ1) is 11.9. The van der Waals surface area contributed by atoms with Crippen molar-refractivity contribution in [3.8, 4) is 5.75 Å². The smallest absolute Gasteiger partial charge is 0.305 e. The van der Waals surface area contributed by atoms with E-state index < -0.39 is 17.8 Å². The van der Waals surface area contributed by atoms with Crippen LogP contribution in [0.4, 0.5) is 4.39 Å². The molecule has 92 valence electrons. The van der Waals surface area contributed by atoms with E-state index in [-0.39, 0.29) is 12.5 Å². The summed E-state index contributed by atoms with van der Waals surface area (Å²) >= 11 is 0. The number of aliphatic carboxylic acids is 1. The molecule has 1 atom stereocenters. The molecule has 3 N–H and O–H groups in total. The number of hydrogen-bond donors (Lipinski definition) is 2. The molecule has 1 aromatic rings. The van der Waals surface area contributed by atoms with E-state index in [0.29, 0.717) is 11.3 Å². The molecule has 1 aliphatic carbocycles. The molecule has 1 fully saturated rings. The van der Waals surface area contributed by atoms with E-state index in [1.54, 1.807) is 0 Å². The van der Waals surface area contributed by atoms with Crippen molar-refractivity contribution < 1.29 is 19.0 Å². The van der Waals surface area contributed by atoms with Crippen LogP contribution >= 0.6 is 0 Å². The average Bonchev–Trinajstić information content (AvgIpc) is 3.03. The van der Waals surface area contributed by atoms with E-state index in [2.05, 4.69) is 0 Å². The summed E-state index contributed by atoms with van der Waals surface area (Å²) in [4.78, 5) is 10.6. The van der Waals surface area contributed by atoms with E-state index in [1.165, 1.54) is 18.2 Å². The molecule has 1 saturated carbocycles. The molecule has 0 bridgehead atoms. The fourth-order valence-electron chi connectivity index (χ4n) is 1.58. The van der Waals surface area contributed by atoms with E-state index in [0.717, 1.165) is 12.8 Å². The zero-order valence-corrected chi connectivity index (χ0v) is 9.23. The van der Waals surface area contributed by atoms with Crippen LogP contribution < -0.4 is 10.5 Å². The van der Waals surface area contributed by atoms with Crippen LogP contribution in [0.3, 0.4) is 0 Å². The topological polar surface area (TPSA) is 72.6 Å². The number of nitrogens with two attached hydrogens (primary N) is 1. The van der Waals surface area contributed by atoms with Crippen LogP contribution in [-0.4, -0.2) is 17.2 Å². The zero-order chi connectivity index (χ0) is 12.4. The van der Waals surface area contributed by atoms with Gasteiger partial charge in [-0.2, -0.15) is 0 Å². The molecule has 1 aliphatic rings. The van der Waals surface area contributed by atoms with E-state index >= 15 is 0 Å². The highest BCUT2D eigenvalue weighted by Gasteiger charge is 2.26. The molecule has 0 heterocycles. The van der Waals surface area contributed by atoms with Crippen molar-refractivity contribution in [1.29, 1.82) is 0 Å². The molecule has 0 aliphatic heterocycles. The zero-order valence-electron chi connectivity index (χ0n) is 9.23. The standard InChI is InChI=1S/C12H14FNO3/c13-7-1-4-11(17-8-2-3-8)9(5-7)10(14)6-12(15)16/h1,4-5,8,10H,2-3,6,14H2,(H,15,16). The lowest BCUT2D eigenvalue weighted by atomic mass is 10.0. The minimum atomic E-state index is -1.01. The summed E-state index contributed by atoms with van der Waals surface area (Å²) in [6.07, 6.45) is 1.87. The molecule has 2 rings (SSSR count). The number of rotatable bonds is 5. The van der Waals surface area contributed by atoms with Gasteiger partial charge in [0, 0.05) is 11.6 Å². The highest BCUT2D eigenvalue weighted by molar-refractivity contribution is 5.68. The molecule has 0 amide bonds. The summed E-state index contributed by atoms with van der Waals surface area (Å²) in [5.41, 5.74) is 6.15. The van der Waals surface area contributed by atoms with Crippen LogP contribution in [0.15, 0.2) is 18.2 Å². The molecular weight excluding hydrogens is 225 g/mol. The van der Waals surface area contributed by atoms with Crippen LogP contribution in [0.25, 0.3) is 0 Å². The number of halogens is 1.